The number of rotatable bonds is 5. The molecule has 1 N–H and O–H groups in total. The molecule has 2 aromatic heterocycles. The summed E-state index contributed by atoms with van der Waals surface area (Å²) in [5, 5.41) is 2.93. The molecule has 1 aromatic carbocycles. The third kappa shape index (κ3) is 4.48. The van der Waals surface area contributed by atoms with Crippen molar-refractivity contribution in [3.05, 3.63) is 59.4 Å². The Bertz CT molecular complexity index is 925. The summed E-state index contributed by atoms with van der Waals surface area (Å²) in [4.78, 5) is 16.5. The molecule has 0 atom stereocenters. The minimum absolute atomic E-state index is 0.0716. The van der Waals surface area contributed by atoms with Crippen molar-refractivity contribution in [2.45, 2.75) is 47.1 Å². The molecule has 0 saturated heterocycles. The van der Waals surface area contributed by atoms with Crippen LogP contribution >= 0.6 is 0 Å². The van der Waals surface area contributed by atoms with Gasteiger partial charge in [-0.15, -0.1) is 0 Å². The number of imidazole rings is 1. The third-order valence-corrected chi connectivity index (χ3v) is 4.55. The zero-order chi connectivity index (χ0) is 19.4. The Balaban J connectivity index is 0.00000102. The van der Waals surface area contributed by atoms with E-state index >= 15 is 0 Å². The van der Waals surface area contributed by atoms with Gasteiger partial charge in [0.05, 0.1) is 11.9 Å². The average molecular weight is 365 g/mol. The molecular formula is C22H27N3O2. The molecule has 5 nitrogen and oxygen atoms in total. The molecule has 142 valence electrons. The normalized spacial score (nSPS) is 13.0. The van der Waals surface area contributed by atoms with Crippen LogP contribution in [0.4, 0.5) is 5.82 Å². The van der Waals surface area contributed by atoms with Gasteiger partial charge in [-0.05, 0) is 44.4 Å². The molecule has 0 radical (unpaired) electrons. The Morgan fingerprint density at radius 2 is 1.85 bits per heavy atom. The number of hydrogen-bond donors (Lipinski definition) is 1. The summed E-state index contributed by atoms with van der Waals surface area (Å²) in [6.07, 6.45) is 3.88. The minimum Gasteiger partial charge on any atom is -0.487 e. The van der Waals surface area contributed by atoms with Crippen LogP contribution in [0.1, 0.15) is 43.5 Å². The van der Waals surface area contributed by atoms with Crippen LogP contribution in [0, 0.1) is 19.8 Å². The van der Waals surface area contributed by atoms with E-state index in [4.69, 9.17) is 4.74 Å². The molecule has 2 heterocycles. The second kappa shape index (κ2) is 8.25. The molecule has 1 saturated carbocycles. The first-order chi connectivity index (χ1) is 13.1. The summed E-state index contributed by atoms with van der Waals surface area (Å²) in [6.45, 7) is 8.54. The molecule has 1 amide bonds. The van der Waals surface area contributed by atoms with E-state index in [1.165, 1.54) is 5.56 Å². The van der Waals surface area contributed by atoms with Crippen LogP contribution < -0.4 is 10.1 Å². The van der Waals surface area contributed by atoms with Crippen LogP contribution in [0.15, 0.2) is 42.6 Å². The second-order valence-corrected chi connectivity index (χ2v) is 6.68. The van der Waals surface area contributed by atoms with Crippen molar-refractivity contribution in [1.29, 1.82) is 0 Å². The van der Waals surface area contributed by atoms with Gasteiger partial charge in [-0.25, -0.2) is 4.98 Å². The highest BCUT2D eigenvalue weighted by Gasteiger charge is 2.30. The van der Waals surface area contributed by atoms with Crippen molar-refractivity contribution in [3.8, 4) is 5.75 Å². The Morgan fingerprint density at radius 3 is 2.52 bits per heavy atom. The van der Waals surface area contributed by atoms with E-state index in [2.05, 4.69) is 41.5 Å². The zero-order valence-corrected chi connectivity index (χ0v) is 16.5. The van der Waals surface area contributed by atoms with Gasteiger partial charge in [-0.2, -0.15) is 0 Å². The summed E-state index contributed by atoms with van der Waals surface area (Å²) in [5.74, 6) is 1.64. The lowest BCUT2D eigenvalue weighted by Gasteiger charge is -2.07. The smallest absolute Gasteiger partial charge is 0.228 e. The second-order valence-electron chi connectivity index (χ2n) is 6.68. The molecule has 0 aliphatic heterocycles. The van der Waals surface area contributed by atoms with E-state index in [0.717, 1.165) is 35.5 Å². The van der Waals surface area contributed by atoms with Crippen LogP contribution in [0.3, 0.4) is 0 Å². The topological polar surface area (TPSA) is 55.6 Å². The number of carbonyl (C=O) groups is 1. The molecule has 0 bridgehead atoms. The van der Waals surface area contributed by atoms with Crippen molar-refractivity contribution in [2.24, 2.45) is 5.92 Å². The average Bonchev–Trinajstić information content (AvgIpc) is 3.50. The Hall–Kier alpha value is -2.82. The zero-order valence-electron chi connectivity index (χ0n) is 16.5. The molecule has 1 aliphatic rings. The monoisotopic (exact) mass is 365 g/mol. The van der Waals surface area contributed by atoms with Gasteiger partial charge < -0.3 is 10.1 Å². The highest BCUT2D eigenvalue weighted by molar-refractivity contribution is 5.94. The number of fused-ring (bicyclic) bond motifs is 1. The number of nitrogens with one attached hydrogen (secondary N) is 1. The lowest BCUT2D eigenvalue weighted by atomic mass is 10.2. The van der Waals surface area contributed by atoms with E-state index in [0.29, 0.717) is 12.4 Å². The van der Waals surface area contributed by atoms with Crippen molar-refractivity contribution >= 4 is 17.4 Å². The number of nitrogens with zero attached hydrogens (tertiary/aromatic N) is 2. The fourth-order valence-electron chi connectivity index (χ4n) is 2.76. The van der Waals surface area contributed by atoms with E-state index in [9.17, 15) is 4.79 Å². The van der Waals surface area contributed by atoms with E-state index in [1.54, 1.807) is 0 Å². The summed E-state index contributed by atoms with van der Waals surface area (Å²) in [5.41, 5.74) is 4.07. The maximum atomic E-state index is 12.0. The Labute approximate surface area is 160 Å². The molecule has 27 heavy (non-hydrogen) atoms. The first kappa shape index (κ1) is 19.0. The van der Waals surface area contributed by atoms with Gasteiger partial charge >= 0.3 is 0 Å². The standard InChI is InChI=1S/C20H21N3O2.C2H6/c1-13-3-5-15(6-4-13)12-25-17-9-10-18-21-19(14(2)23(18)11-17)22-20(24)16-7-8-16;1-2/h3-6,9-11,16H,7-8,12H2,1-2H3,(H,22,24);1-2H3. The van der Waals surface area contributed by atoms with Crippen molar-refractivity contribution in [1.82, 2.24) is 9.38 Å². The highest BCUT2D eigenvalue weighted by atomic mass is 16.5. The predicted octanol–water partition coefficient (Wildman–Crippen LogP) is 4.90. The molecule has 5 heteroatoms. The first-order valence-corrected chi connectivity index (χ1v) is 9.58. The molecule has 0 unspecified atom stereocenters. The minimum atomic E-state index is 0.0716. The molecule has 0 spiro atoms. The van der Waals surface area contributed by atoms with Crippen LogP contribution in [-0.4, -0.2) is 15.3 Å². The molecular weight excluding hydrogens is 338 g/mol. The van der Waals surface area contributed by atoms with Gasteiger partial charge in [-0.1, -0.05) is 43.7 Å². The number of aromatic nitrogens is 2. The number of hydrogen-bond acceptors (Lipinski definition) is 3. The maximum absolute atomic E-state index is 12.0. The quantitative estimate of drug-likeness (QED) is 0.699. The summed E-state index contributed by atoms with van der Waals surface area (Å²) >= 11 is 0. The van der Waals surface area contributed by atoms with Gasteiger partial charge in [0.15, 0.2) is 5.82 Å². The van der Waals surface area contributed by atoms with Crippen molar-refractivity contribution in [2.75, 3.05) is 5.32 Å². The van der Waals surface area contributed by atoms with Crippen LogP contribution in [0.25, 0.3) is 5.65 Å². The number of benzene rings is 1. The first-order valence-electron chi connectivity index (χ1n) is 9.58. The summed E-state index contributed by atoms with van der Waals surface area (Å²) in [7, 11) is 0. The summed E-state index contributed by atoms with van der Waals surface area (Å²) in [6, 6.07) is 12.1. The number of aryl methyl sites for hydroxylation is 2. The van der Waals surface area contributed by atoms with Gasteiger partial charge in [0.1, 0.15) is 18.0 Å². The number of pyridine rings is 1. The number of amides is 1. The molecule has 3 aromatic rings. The largest absolute Gasteiger partial charge is 0.487 e. The number of anilines is 1. The Kier molecular flexibility index (Phi) is 5.79. The van der Waals surface area contributed by atoms with E-state index in [1.807, 2.05) is 43.5 Å². The predicted molar refractivity (Wildman–Crippen MR) is 108 cm³/mol. The third-order valence-electron chi connectivity index (χ3n) is 4.55. The fourth-order valence-corrected chi connectivity index (χ4v) is 2.76. The maximum Gasteiger partial charge on any atom is 0.228 e. The van der Waals surface area contributed by atoms with E-state index in [-0.39, 0.29) is 11.8 Å². The molecule has 1 fully saturated rings. The number of ether oxygens (including phenoxy) is 1. The Morgan fingerprint density at radius 1 is 1.15 bits per heavy atom. The fraction of sp³-hybridized carbons (Fsp3) is 0.364. The molecule has 1 aliphatic carbocycles. The van der Waals surface area contributed by atoms with Crippen molar-refractivity contribution < 1.29 is 9.53 Å². The van der Waals surface area contributed by atoms with Crippen molar-refractivity contribution in [3.63, 3.8) is 0 Å². The van der Waals surface area contributed by atoms with Gasteiger partial charge in [-0.3, -0.25) is 9.20 Å². The van der Waals surface area contributed by atoms with Gasteiger partial charge in [0.25, 0.3) is 0 Å². The van der Waals surface area contributed by atoms with Gasteiger partial charge in [0, 0.05) is 5.92 Å². The molecule has 4 rings (SSSR count). The van der Waals surface area contributed by atoms with Gasteiger partial charge in [0.2, 0.25) is 5.91 Å². The number of carbonyl (C=O) groups excluding carboxylic acids is 1. The lowest BCUT2D eigenvalue weighted by Crippen LogP contribution is -2.14. The summed E-state index contributed by atoms with van der Waals surface area (Å²) < 4.78 is 7.85. The lowest BCUT2D eigenvalue weighted by molar-refractivity contribution is -0.117. The van der Waals surface area contributed by atoms with E-state index < -0.39 is 0 Å². The van der Waals surface area contributed by atoms with Crippen LogP contribution in [0.2, 0.25) is 0 Å². The van der Waals surface area contributed by atoms with Crippen LogP contribution in [0.5, 0.6) is 5.75 Å². The SMILES string of the molecule is CC.Cc1ccc(COc2ccc3nc(NC(=O)C4CC4)c(C)n3c2)cc1. The van der Waals surface area contributed by atoms with Crippen LogP contribution in [-0.2, 0) is 11.4 Å². The highest BCUT2D eigenvalue weighted by Crippen LogP contribution is 2.30.